The first-order valence-corrected chi connectivity index (χ1v) is 15.2. The number of ether oxygens (including phenoxy) is 2. The van der Waals surface area contributed by atoms with Crippen LogP contribution in [0.5, 0.6) is 0 Å². The summed E-state index contributed by atoms with van der Waals surface area (Å²) in [6.45, 7) is 12.7. The molecule has 2 aromatic heterocycles. The van der Waals surface area contributed by atoms with Gasteiger partial charge in [0.25, 0.3) is 5.56 Å². The Morgan fingerprint density at radius 1 is 1.10 bits per heavy atom. The van der Waals surface area contributed by atoms with Crippen molar-refractivity contribution in [1.82, 2.24) is 14.3 Å². The lowest BCUT2D eigenvalue weighted by molar-refractivity contribution is 0.0651. The van der Waals surface area contributed by atoms with E-state index < -0.39 is 8.07 Å². The summed E-state index contributed by atoms with van der Waals surface area (Å²) >= 11 is 3.71. The van der Waals surface area contributed by atoms with E-state index in [9.17, 15) is 4.79 Å². The lowest BCUT2D eigenvalue weighted by Crippen LogP contribution is -2.26. The second-order valence-electron chi connectivity index (χ2n) is 9.31. The topological polar surface area (TPSA) is 58.3 Å². The van der Waals surface area contributed by atoms with Crippen LogP contribution in [-0.2, 0) is 29.5 Å². The van der Waals surface area contributed by atoms with E-state index in [1.54, 1.807) is 6.20 Å². The van der Waals surface area contributed by atoms with Gasteiger partial charge in [0.05, 0.1) is 28.3 Å². The summed E-state index contributed by atoms with van der Waals surface area (Å²) in [5, 5.41) is 5.05. The summed E-state index contributed by atoms with van der Waals surface area (Å²) in [6, 6.07) is 11.1. The summed E-state index contributed by atoms with van der Waals surface area (Å²) in [5.41, 5.74) is 2.72. The lowest BCUT2D eigenvalue weighted by Gasteiger charge is -2.15. The van der Waals surface area contributed by atoms with E-state index in [4.69, 9.17) is 9.47 Å². The summed E-state index contributed by atoms with van der Waals surface area (Å²) in [7, 11) is -1.17. The molecule has 0 N–H and O–H groups in total. The van der Waals surface area contributed by atoms with Gasteiger partial charge in [-0.1, -0.05) is 63.8 Å². The van der Waals surface area contributed by atoms with Crippen molar-refractivity contribution in [2.75, 3.05) is 6.61 Å². The standard InChI is InChI=1S/C23H32BrN3O3Si/c1-17(2)20-21-19(13-25-27(23(21)28)16-29-11-12-31(3,4)5)26(22(20)24)15-30-14-18-9-7-6-8-10-18/h6-10,13,17H,11-12,14-16H2,1-5H3. The molecule has 168 valence electrons. The molecule has 3 rings (SSSR count). The first kappa shape index (κ1) is 23.9. The van der Waals surface area contributed by atoms with Gasteiger partial charge in [-0.3, -0.25) is 4.79 Å². The van der Waals surface area contributed by atoms with E-state index >= 15 is 0 Å². The maximum absolute atomic E-state index is 13.3. The molecule has 31 heavy (non-hydrogen) atoms. The number of nitrogens with zero attached hydrogens (tertiary/aromatic N) is 3. The van der Waals surface area contributed by atoms with Gasteiger partial charge in [0, 0.05) is 20.2 Å². The zero-order chi connectivity index (χ0) is 22.6. The lowest BCUT2D eigenvalue weighted by atomic mass is 10.0. The van der Waals surface area contributed by atoms with Gasteiger partial charge in [0.1, 0.15) is 13.5 Å². The molecule has 0 fully saturated rings. The number of fused-ring (bicyclic) bond motifs is 1. The summed E-state index contributed by atoms with van der Waals surface area (Å²) in [5.74, 6) is 0.170. The average molecular weight is 507 g/mol. The molecule has 8 heteroatoms. The number of halogens is 1. The second-order valence-corrected chi connectivity index (χ2v) is 15.7. The van der Waals surface area contributed by atoms with E-state index in [1.165, 1.54) is 4.68 Å². The molecule has 0 spiro atoms. The number of hydrogen-bond acceptors (Lipinski definition) is 4. The van der Waals surface area contributed by atoms with E-state index in [0.29, 0.717) is 25.3 Å². The minimum Gasteiger partial charge on any atom is -0.359 e. The molecule has 0 radical (unpaired) electrons. The third-order valence-corrected chi connectivity index (χ3v) is 7.72. The monoisotopic (exact) mass is 505 g/mol. The van der Waals surface area contributed by atoms with Gasteiger partial charge in [-0.05, 0) is 33.5 Å². The van der Waals surface area contributed by atoms with Crippen molar-refractivity contribution in [2.24, 2.45) is 0 Å². The van der Waals surface area contributed by atoms with Crippen molar-refractivity contribution >= 4 is 34.9 Å². The molecule has 0 aliphatic heterocycles. The second kappa shape index (κ2) is 10.2. The maximum atomic E-state index is 13.3. The quantitative estimate of drug-likeness (QED) is 0.267. The first-order valence-electron chi connectivity index (χ1n) is 10.7. The Kier molecular flexibility index (Phi) is 7.91. The maximum Gasteiger partial charge on any atom is 0.278 e. The molecule has 0 unspecified atom stereocenters. The van der Waals surface area contributed by atoms with Crippen molar-refractivity contribution in [3.63, 3.8) is 0 Å². The Hall–Kier alpha value is -1.74. The predicted molar refractivity (Wildman–Crippen MR) is 131 cm³/mol. The molecule has 3 aromatic rings. The van der Waals surface area contributed by atoms with Crippen LogP contribution in [0.25, 0.3) is 10.9 Å². The number of benzene rings is 1. The highest BCUT2D eigenvalue weighted by Gasteiger charge is 2.22. The van der Waals surface area contributed by atoms with E-state index in [2.05, 4.69) is 54.5 Å². The Labute approximate surface area is 193 Å². The summed E-state index contributed by atoms with van der Waals surface area (Å²) in [4.78, 5) is 13.3. The van der Waals surface area contributed by atoms with Gasteiger partial charge < -0.3 is 14.0 Å². The van der Waals surface area contributed by atoms with Crippen molar-refractivity contribution < 1.29 is 9.47 Å². The van der Waals surface area contributed by atoms with Crippen molar-refractivity contribution in [3.05, 3.63) is 62.6 Å². The number of rotatable bonds is 10. The van der Waals surface area contributed by atoms with Gasteiger partial charge >= 0.3 is 0 Å². The summed E-state index contributed by atoms with van der Waals surface area (Å²) < 4.78 is 16.0. The molecule has 1 aromatic carbocycles. The highest BCUT2D eigenvalue weighted by Crippen LogP contribution is 2.33. The van der Waals surface area contributed by atoms with Crippen molar-refractivity contribution in [2.45, 2.75) is 65.5 Å². The third-order valence-electron chi connectivity index (χ3n) is 5.16. The van der Waals surface area contributed by atoms with Crippen molar-refractivity contribution in [3.8, 4) is 0 Å². The van der Waals surface area contributed by atoms with Crippen LogP contribution in [0.2, 0.25) is 25.7 Å². The smallest absolute Gasteiger partial charge is 0.278 e. The predicted octanol–water partition coefficient (Wildman–Crippen LogP) is 5.57. The van der Waals surface area contributed by atoms with Crippen LogP contribution >= 0.6 is 15.9 Å². The third kappa shape index (κ3) is 5.94. The van der Waals surface area contributed by atoms with E-state index in [-0.39, 0.29) is 18.2 Å². The van der Waals surface area contributed by atoms with Crippen LogP contribution < -0.4 is 5.56 Å². The molecule has 0 atom stereocenters. The van der Waals surface area contributed by atoms with Crippen LogP contribution in [-0.4, -0.2) is 29.0 Å². The minimum atomic E-state index is -1.17. The molecule has 2 heterocycles. The Bertz CT molecular complexity index is 1070. The van der Waals surface area contributed by atoms with Gasteiger partial charge in [-0.25, -0.2) is 4.68 Å². The summed E-state index contributed by atoms with van der Waals surface area (Å²) in [6.07, 6.45) is 1.74. The molecule has 0 amide bonds. The molecule has 6 nitrogen and oxygen atoms in total. The molecule has 0 saturated heterocycles. The Morgan fingerprint density at radius 3 is 2.45 bits per heavy atom. The van der Waals surface area contributed by atoms with Crippen LogP contribution in [0.4, 0.5) is 0 Å². The fourth-order valence-electron chi connectivity index (χ4n) is 3.40. The molecule has 0 aliphatic carbocycles. The van der Waals surface area contributed by atoms with E-state index in [0.717, 1.165) is 27.3 Å². The largest absolute Gasteiger partial charge is 0.359 e. The average Bonchev–Trinajstić information content (AvgIpc) is 2.99. The minimum absolute atomic E-state index is 0.128. The molecule has 0 saturated carbocycles. The van der Waals surface area contributed by atoms with E-state index in [1.807, 2.05) is 34.9 Å². The molecular formula is C23H32BrN3O3Si. The Morgan fingerprint density at radius 2 is 1.81 bits per heavy atom. The van der Waals surface area contributed by atoms with Gasteiger partial charge in [-0.15, -0.1) is 0 Å². The van der Waals surface area contributed by atoms with Crippen LogP contribution in [0, 0.1) is 0 Å². The highest BCUT2D eigenvalue weighted by molar-refractivity contribution is 9.10. The van der Waals surface area contributed by atoms with Gasteiger partial charge in [0.15, 0.2) is 0 Å². The fourth-order valence-corrected chi connectivity index (χ4v) is 5.10. The fraction of sp³-hybridized carbons (Fsp3) is 0.478. The van der Waals surface area contributed by atoms with Crippen LogP contribution in [0.3, 0.4) is 0 Å². The van der Waals surface area contributed by atoms with Crippen LogP contribution in [0.15, 0.2) is 45.9 Å². The SMILES string of the molecule is CC(C)c1c(Br)n(COCc2ccccc2)c2cnn(COCC[Si](C)(C)C)c(=O)c12. The Balaban J connectivity index is 1.84. The molecule has 0 bridgehead atoms. The molecular weight excluding hydrogens is 474 g/mol. The zero-order valence-electron chi connectivity index (χ0n) is 19.0. The first-order chi connectivity index (χ1) is 14.7. The van der Waals surface area contributed by atoms with Crippen molar-refractivity contribution in [1.29, 1.82) is 0 Å². The number of hydrogen-bond donors (Lipinski definition) is 0. The number of aromatic nitrogens is 3. The zero-order valence-corrected chi connectivity index (χ0v) is 21.6. The van der Waals surface area contributed by atoms with Crippen LogP contribution in [0.1, 0.15) is 30.9 Å². The van der Waals surface area contributed by atoms with Gasteiger partial charge in [-0.2, -0.15) is 5.10 Å². The molecule has 0 aliphatic rings. The highest BCUT2D eigenvalue weighted by atomic mass is 79.9. The normalized spacial score (nSPS) is 12.2. The van der Waals surface area contributed by atoms with Gasteiger partial charge in [0.2, 0.25) is 0 Å².